The van der Waals surface area contributed by atoms with Gasteiger partial charge in [0, 0.05) is 18.8 Å². The number of likely N-dealkylation sites (tertiary alicyclic amines) is 1. The average Bonchev–Trinajstić information content (AvgIpc) is 3.03. The third kappa shape index (κ3) is 3.22. The molecule has 1 aliphatic rings. The molecule has 22 heavy (non-hydrogen) atoms. The van der Waals surface area contributed by atoms with Crippen molar-refractivity contribution >= 4 is 12.0 Å². The summed E-state index contributed by atoms with van der Waals surface area (Å²) in [6.07, 6.45) is 8.97. The maximum absolute atomic E-state index is 12.5. The van der Waals surface area contributed by atoms with Gasteiger partial charge in [0.25, 0.3) is 0 Å². The van der Waals surface area contributed by atoms with Gasteiger partial charge in [-0.25, -0.2) is 0 Å². The summed E-state index contributed by atoms with van der Waals surface area (Å²) in [5.41, 5.74) is 2.80. The molecule has 0 aliphatic carbocycles. The quantitative estimate of drug-likeness (QED) is 0.817. The lowest BCUT2D eigenvalue weighted by molar-refractivity contribution is -0.126. The molecule has 0 unspecified atom stereocenters. The number of rotatable bonds is 3. The second-order valence-corrected chi connectivity index (χ2v) is 5.52. The monoisotopic (exact) mass is 293 g/mol. The molecule has 1 amide bonds. The van der Waals surface area contributed by atoms with E-state index in [0.717, 1.165) is 36.3 Å². The molecule has 1 fully saturated rings. The molecule has 2 heterocycles. The van der Waals surface area contributed by atoms with E-state index in [2.05, 4.69) is 9.97 Å². The van der Waals surface area contributed by atoms with Crippen LogP contribution >= 0.6 is 0 Å². The van der Waals surface area contributed by atoms with Crippen molar-refractivity contribution in [2.75, 3.05) is 6.54 Å². The van der Waals surface area contributed by atoms with Crippen molar-refractivity contribution in [2.45, 2.75) is 25.8 Å². The van der Waals surface area contributed by atoms with Gasteiger partial charge in [-0.15, -0.1) is 0 Å². The van der Waals surface area contributed by atoms with E-state index in [-0.39, 0.29) is 11.9 Å². The zero-order chi connectivity index (χ0) is 15.4. The van der Waals surface area contributed by atoms with Crippen molar-refractivity contribution in [1.29, 1.82) is 0 Å². The summed E-state index contributed by atoms with van der Waals surface area (Å²) in [5, 5.41) is 0. The highest BCUT2D eigenvalue weighted by atomic mass is 16.2. The van der Waals surface area contributed by atoms with E-state index in [1.165, 1.54) is 0 Å². The van der Waals surface area contributed by atoms with Crippen LogP contribution in [0.3, 0.4) is 0 Å². The number of aryl methyl sites for hydroxylation is 1. The van der Waals surface area contributed by atoms with Gasteiger partial charge in [0.1, 0.15) is 0 Å². The SMILES string of the molecule is Cc1cncc([C@H]2CCCN2C(=O)/C=C/c2ccccc2)n1. The number of benzene rings is 1. The Morgan fingerprint density at radius 3 is 2.86 bits per heavy atom. The number of hydrogen-bond acceptors (Lipinski definition) is 3. The molecule has 1 aromatic carbocycles. The van der Waals surface area contributed by atoms with E-state index in [1.807, 2.05) is 48.2 Å². The van der Waals surface area contributed by atoms with Crippen LogP contribution in [0.15, 0.2) is 48.8 Å². The van der Waals surface area contributed by atoms with Gasteiger partial charge in [-0.3, -0.25) is 14.8 Å². The summed E-state index contributed by atoms with van der Waals surface area (Å²) in [6.45, 7) is 2.70. The van der Waals surface area contributed by atoms with Gasteiger partial charge in [0.05, 0.1) is 23.6 Å². The Labute approximate surface area is 130 Å². The maximum atomic E-state index is 12.5. The van der Waals surface area contributed by atoms with Gasteiger partial charge < -0.3 is 4.90 Å². The third-order valence-electron chi connectivity index (χ3n) is 3.87. The van der Waals surface area contributed by atoms with Gasteiger partial charge in [-0.1, -0.05) is 30.3 Å². The fraction of sp³-hybridized carbons (Fsp3) is 0.278. The number of carbonyl (C=O) groups is 1. The maximum Gasteiger partial charge on any atom is 0.247 e. The molecular formula is C18H19N3O. The standard InChI is InChI=1S/C18H19N3O/c1-14-12-19-13-16(20-14)17-8-5-11-21(17)18(22)10-9-15-6-3-2-4-7-15/h2-4,6-7,9-10,12-13,17H,5,8,11H2,1H3/b10-9+/t17-/m1/s1. The fourth-order valence-electron chi connectivity index (χ4n) is 2.81. The summed E-state index contributed by atoms with van der Waals surface area (Å²) >= 11 is 0. The zero-order valence-electron chi connectivity index (χ0n) is 12.6. The minimum Gasteiger partial charge on any atom is -0.330 e. The van der Waals surface area contributed by atoms with E-state index in [0.29, 0.717) is 0 Å². The van der Waals surface area contributed by atoms with Crippen LogP contribution in [-0.2, 0) is 4.79 Å². The molecule has 0 radical (unpaired) electrons. The number of amides is 1. The Morgan fingerprint density at radius 2 is 2.09 bits per heavy atom. The van der Waals surface area contributed by atoms with Crippen LogP contribution in [0.1, 0.15) is 35.8 Å². The number of aromatic nitrogens is 2. The number of nitrogens with zero attached hydrogens (tertiary/aromatic N) is 3. The molecule has 3 rings (SSSR count). The van der Waals surface area contributed by atoms with Gasteiger partial charge in [-0.05, 0) is 31.4 Å². The minimum absolute atomic E-state index is 0.0367. The molecule has 1 aromatic heterocycles. The van der Waals surface area contributed by atoms with Crippen LogP contribution in [0.4, 0.5) is 0 Å². The van der Waals surface area contributed by atoms with Crippen molar-refractivity contribution in [2.24, 2.45) is 0 Å². The molecule has 112 valence electrons. The molecule has 1 atom stereocenters. The molecule has 4 heteroatoms. The summed E-state index contributed by atoms with van der Waals surface area (Å²) in [6, 6.07) is 9.90. The van der Waals surface area contributed by atoms with E-state index >= 15 is 0 Å². The Bertz CT molecular complexity index is 682. The minimum atomic E-state index is 0.0367. The molecule has 0 bridgehead atoms. The lowest BCUT2D eigenvalue weighted by Gasteiger charge is -2.22. The Balaban J connectivity index is 1.75. The lowest BCUT2D eigenvalue weighted by atomic mass is 10.1. The van der Waals surface area contributed by atoms with Crippen LogP contribution in [0, 0.1) is 6.92 Å². The summed E-state index contributed by atoms with van der Waals surface area (Å²) in [7, 11) is 0. The second kappa shape index (κ2) is 6.52. The van der Waals surface area contributed by atoms with E-state index in [9.17, 15) is 4.79 Å². The van der Waals surface area contributed by atoms with Crippen molar-refractivity contribution in [3.05, 3.63) is 65.8 Å². The first-order valence-electron chi connectivity index (χ1n) is 7.56. The Hall–Kier alpha value is -2.49. The first-order chi connectivity index (χ1) is 10.7. The predicted octanol–water partition coefficient (Wildman–Crippen LogP) is 3.16. The summed E-state index contributed by atoms with van der Waals surface area (Å²) in [4.78, 5) is 23.1. The highest BCUT2D eigenvalue weighted by Crippen LogP contribution is 2.30. The van der Waals surface area contributed by atoms with Gasteiger partial charge in [-0.2, -0.15) is 0 Å². The third-order valence-corrected chi connectivity index (χ3v) is 3.87. The van der Waals surface area contributed by atoms with Gasteiger partial charge in [0.15, 0.2) is 0 Å². The second-order valence-electron chi connectivity index (χ2n) is 5.52. The summed E-state index contributed by atoms with van der Waals surface area (Å²) in [5.74, 6) is 0.0367. The molecule has 0 spiro atoms. The molecular weight excluding hydrogens is 274 g/mol. The van der Waals surface area contributed by atoms with Gasteiger partial charge >= 0.3 is 0 Å². The Morgan fingerprint density at radius 1 is 1.27 bits per heavy atom. The molecule has 0 N–H and O–H groups in total. The van der Waals surface area contributed by atoms with Crippen LogP contribution < -0.4 is 0 Å². The van der Waals surface area contributed by atoms with Crippen molar-refractivity contribution in [3.63, 3.8) is 0 Å². The smallest absolute Gasteiger partial charge is 0.247 e. The average molecular weight is 293 g/mol. The molecule has 4 nitrogen and oxygen atoms in total. The van der Waals surface area contributed by atoms with Crippen molar-refractivity contribution < 1.29 is 4.79 Å². The molecule has 1 saturated heterocycles. The molecule has 0 saturated carbocycles. The summed E-state index contributed by atoms with van der Waals surface area (Å²) < 4.78 is 0. The predicted molar refractivity (Wildman–Crippen MR) is 85.9 cm³/mol. The largest absolute Gasteiger partial charge is 0.330 e. The van der Waals surface area contributed by atoms with Crippen LogP contribution in [0.2, 0.25) is 0 Å². The first-order valence-corrected chi connectivity index (χ1v) is 7.56. The molecule has 1 aliphatic heterocycles. The van der Waals surface area contributed by atoms with Crippen LogP contribution in [0.5, 0.6) is 0 Å². The Kier molecular flexibility index (Phi) is 4.28. The van der Waals surface area contributed by atoms with E-state index in [4.69, 9.17) is 0 Å². The topological polar surface area (TPSA) is 46.1 Å². The zero-order valence-corrected chi connectivity index (χ0v) is 12.6. The highest BCUT2D eigenvalue weighted by Gasteiger charge is 2.29. The number of carbonyl (C=O) groups excluding carboxylic acids is 1. The van der Waals surface area contributed by atoms with E-state index in [1.54, 1.807) is 18.5 Å². The lowest BCUT2D eigenvalue weighted by Crippen LogP contribution is -2.29. The van der Waals surface area contributed by atoms with Crippen LogP contribution in [-0.4, -0.2) is 27.3 Å². The molecule has 2 aromatic rings. The van der Waals surface area contributed by atoms with Crippen molar-refractivity contribution in [3.8, 4) is 0 Å². The number of hydrogen-bond donors (Lipinski definition) is 0. The van der Waals surface area contributed by atoms with Gasteiger partial charge in [0.2, 0.25) is 5.91 Å². The first kappa shape index (κ1) is 14.4. The van der Waals surface area contributed by atoms with E-state index < -0.39 is 0 Å². The fourth-order valence-corrected chi connectivity index (χ4v) is 2.81. The normalized spacial score (nSPS) is 18.0. The van der Waals surface area contributed by atoms with Crippen molar-refractivity contribution in [1.82, 2.24) is 14.9 Å². The van der Waals surface area contributed by atoms with Crippen LogP contribution in [0.25, 0.3) is 6.08 Å². The highest BCUT2D eigenvalue weighted by molar-refractivity contribution is 5.92.